The van der Waals surface area contributed by atoms with Gasteiger partial charge in [0.2, 0.25) is 15.9 Å². The van der Waals surface area contributed by atoms with Gasteiger partial charge in [-0.2, -0.15) is 4.31 Å². The Balaban J connectivity index is 1.36. The van der Waals surface area contributed by atoms with Gasteiger partial charge in [0.1, 0.15) is 23.2 Å². The minimum atomic E-state index is -3.78. The largest absolute Gasteiger partial charge is 0.439 e. The molecule has 5 nitrogen and oxygen atoms in total. The molecule has 2 heterocycles. The highest BCUT2D eigenvalue weighted by molar-refractivity contribution is 7.89. The van der Waals surface area contributed by atoms with Crippen LogP contribution in [0.2, 0.25) is 0 Å². The molecule has 5 aromatic rings. The summed E-state index contributed by atoms with van der Waals surface area (Å²) >= 11 is 0. The molecule has 8 heteroatoms. The maximum absolute atomic E-state index is 14.3. The van der Waals surface area contributed by atoms with Gasteiger partial charge in [-0.3, -0.25) is 0 Å². The van der Waals surface area contributed by atoms with Gasteiger partial charge in [-0.1, -0.05) is 36.4 Å². The fourth-order valence-corrected chi connectivity index (χ4v) is 6.40. The fraction of sp³-hybridized carbons (Fsp3) is 0.148. The van der Waals surface area contributed by atoms with Crippen LogP contribution in [0.3, 0.4) is 0 Å². The quantitative estimate of drug-likeness (QED) is 0.290. The van der Waals surface area contributed by atoms with Gasteiger partial charge in [-0.25, -0.2) is 22.2 Å². The molecule has 0 spiro atoms. The first-order valence-electron chi connectivity index (χ1n) is 11.3. The Morgan fingerprint density at radius 3 is 2.57 bits per heavy atom. The van der Waals surface area contributed by atoms with Crippen LogP contribution in [0.25, 0.3) is 33.0 Å². The third-order valence-electron chi connectivity index (χ3n) is 6.46. The summed E-state index contributed by atoms with van der Waals surface area (Å²) in [5.41, 5.74) is 1.73. The van der Waals surface area contributed by atoms with Gasteiger partial charge in [0.25, 0.3) is 0 Å². The zero-order chi connectivity index (χ0) is 24.2. The minimum absolute atomic E-state index is 0.230. The van der Waals surface area contributed by atoms with E-state index >= 15 is 0 Å². The van der Waals surface area contributed by atoms with E-state index in [9.17, 15) is 17.2 Å². The van der Waals surface area contributed by atoms with Crippen LogP contribution >= 0.6 is 0 Å². The third kappa shape index (κ3) is 3.79. The molecule has 1 unspecified atom stereocenters. The van der Waals surface area contributed by atoms with Crippen molar-refractivity contribution in [2.24, 2.45) is 0 Å². The topological polar surface area (TPSA) is 63.4 Å². The number of nitrogens with zero attached hydrogens (tertiary/aromatic N) is 2. The Morgan fingerprint density at radius 2 is 1.74 bits per heavy atom. The zero-order valence-electron chi connectivity index (χ0n) is 18.5. The van der Waals surface area contributed by atoms with E-state index in [1.165, 1.54) is 16.4 Å². The van der Waals surface area contributed by atoms with E-state index < -0.39 is 27.7 Å². The second-order valence-corrected chi connectivity index (χ2v) is 10.5. The highest BCUT2D eigenvalue weighted by Gasteiger charge is 2.39. The average molecular weight is 491 g/mol. The number of aromatic nitrogens is 1. The Bertz CT molecular complexity index is 1700. The van der Waals surface area contributed by atoms with Crippen molar-refractivity contribution in [3.8, 4) is 11.1 Å². The number of fused-ring (bicyclic) bond motifs is 2. The molecular formula is C27H20F2N2O3S. The van der Waals surface area contributed by atoms with Crippen LogP contribution in [0.15, 0.2) is 88.2 Å². The van der Waals surface area contributed by atoms with Gasteiger partial charge in [0, 0.05) is 18.2 Å². The van der Waals surface area contributed by atoms with E-state index in [1.54, 1.807) is 30.3 Å². The van der Waals surface area contributed by atoms with E-state index in [1.807, 2.05) is 30.3 Å². The van der Waals surface area contributed by atoms with E-state index in [-0.39, 0.29) is 10.5 Å². The van der Waals surface area contributed by atoms with Crippen molar-refractivity contribution in [1.82, 2.24) is 9.29 Å². The molecule has 35 heavy (non-hydrogen) atoms. The summed E-state index contributed by atoms with van der Waals surface area (Å²) in [5, 5.41) is 1.82. The SMILES string of the molecule is O=S(=O)(c1ccc2ccccc2c1)N1CCCC1c1nc2cc(-c3ccc(F)cc3F)ccc2o1. The molecule has 176 valence electrons. The van der Waals surface area contributed by atoms with Crippen molar-refractivity contribution < 1.29 is 21.6 Å². The summed E-state index contributed by atoms with van der Waals surface area (Å²) in [5.74, 6) is -1.01. The molecule has 1 fully saturated rings. The van der Waals surface area contributed by atoms with E-state index in [0.29, 0.717) is 41.9 Å². The van der Waals surface area contributed by atoms with Crippen LogP contribution in [-0.4, -0.2) is 24.3 Å². The third-order valence-corrected chi connectivity index (χ3v) is 8.37. The molecule has 1 saturated heterocycles. The first-order chi connectivity index (χ1) is 16.9. The number of sulfonamides is 1. The molecule has 4 aromatic carbocycles. The second kappa shape index (κ2) is 8.25. The lowest BCUT2D eigenvalue weighted by Gasteiger charge is -2.22. The van der Waals surface area contributed by atoms with Crippen LogP contribution in [0.5, 0.6) is 0 Å². The number of halogens is 2. The predicted octanol–water partition coefficient (Wildman–Crippen LogP) is 6.45. The van der Waals surface area contributed by atoms with E-state index in [0.717, 1.165) is 16.8 Å². The average Bonchev–Trinajstić information content (AvgIpc) is 3.51. The Kier molecular flexibility index (Phi) is 5.16. The van der Waals surface area contributed by atoms with Crippen LogP contribution < -0.4 is 0 Å². The fourth-order valence-electron chi connectivity index (χ4n) is 4.72. The monoisotopic (exact) mass is 490 g/mol. The standard InChI is InChI=1S/C27H20F2N2O3S/c28-20-9-11-22(23(29)16-20)19-8-12-26-24(15-19)30-27(34-26)25-6-3-13-31(25)35(32,33)21-10-7-17-4-1-2-5-18(17)14-21/h1-2,4-5,7-12,14-16,25H,3,6,13H2. The molecule has 1 aliphatic heterocycles. The molecule has 0 N–H and O–H groups in total. The lowest BCUT2D eigenvalue weighted by molar-refractivity contribution is 0.337. The van der Waals surface area contributed by atoms with Crippen molar-refractivity contribution in [3.63, 3.8) is 0 Å². The maximum Gasteiger partial charge on any atom is 0.243 e. The lowest BCUT2D eigenvalue weighted by Crippen LogP contribution is -2.30. The zero-order valence-corrected chi connectivity index (χ0v) is 19.3. The first-order valence-corrected chi connectivity index (χ1v) is 12.7. The molecule has 0 amide bonds. The van der Waals surface area contributed by atoms with Crippen LogP contribution in [-0.2, 0) is 10.0 Å². The summed E-state index contributed by atoms with van der Waals surface area (Å²) in [4.78, 5) is 4.80. The van der Waals surface area contributed by atoms with Crippen LogP contribution in [0.1, 0.15) is 24.8 Å². The molecule has 0 radical (unpaired) electrons. The number of rotatable bonds is 4. The maximum atomic E-state index is 14.3. The molecule has 6 rings (SSSR count). The number of hydrogen-bond donors (Lipinski definition) is 0. The summed E-state index contributed by atoms with van der Waals surface area (Å²) in [6, 6.07) is 20.6. The van der Waals surface area contributed by atoms with Crippen molar-refractivity contribution >= 4 is 31.9 Å². The van der Waals surface area contributed by atoms with Gasteiger partial charge in [-0.15, -0.1) is 0 Å². The van der Waals surface area contributed by atoms with Crippen molar-refractivity contribution in [1.29, 1.82) is 0 Å². The highest BCUT2D eigenvalue weighted by atomic mass is 32.2. The number of benzene rings is 4. The normalized spacial score (nSPS) is 16.9. The van der Waals surface area contributed by atoms with Gasteiger partial charge < -0.3 is 4.42 Å². The van der Waals surface area contributed by atoms with Crippen LogP contribution in [0, 0.1) is 11.6 Å². The Hall–Kier alpha value is -3.62. The lowest BCUT2D eigenvalue weighted by atomic mass is 10.0. The molecule has 0 aliphatic carbocycles. The summed E-state index contributed by atoms with van der Waals surface area (Å²) in [6.07, 6.45) is 1.27. The molecule has 0 saturated carbocycles. The molecule has 0 bridgehead atoms. The van der Waals surface area contributed by atoms with Gasteiger partial charge in [0.15, 0.2) is 5.58 Å². The summed E-state index contributed by atoms with van der Waals surface area (Å²) < 4.78 is 62.1. The summed E-state index contributed by atoms with van der Waals surface area (Å²) in [6.45, 7) is 0.366. The summed E-state index contributed by atoms with van der Waals surface area (Å²) in [7, 11) is -3.78. The Labute approximate surface area is 200 Å². The Morgan fingerprint density at radius 1 is 0.914 bits per heavy atom. The van der Waals surface area contributed by atoms with Crippen molar-refractivity contribution in [2.75, 3.05) is 6.54 Å². The van der Waals surface area contributed by atoms with Gasteiger partial charge in [-0.05, 0) is 65.6 Å². The highest BCUT2D eigenvalue weighted by Crippen LogP contribution is 2.38. The van der Waals surface area contributed by atoms with Gasteiger partial charge >= 0.3 is 0 Å². The molecular weight excluding hydrogens is 470 g/mol. The smallest absolute Gasteiger partial charge is 0.243 e. The predicted molar refractivity (Wildman–Crippen MR) is 129 cm³/mol. The number of hydrogen-bond acceptors (Lipinski definition) is 4. The van der Waals surface area contributed by atoms with Crippen LogP contribution in [0.4, 0.5) is 8.78 Å². The molecule has 1 atom stereocenters. The van der Waals surface area contributed by atoms with E-state index in [2.05, 4.69) is 4.98 Å². The number of oxazole rings is 1. The second-order valence-electron chi connectivity index (χ2n) is 8.64. The van der Waals surface area contributed by atoms with E-state index in [4.69, 9.17) is 4.42 Å². The van der Waals surface area contributed by atoms with Crippen molar-refractivity contribution in [3.05, 3.63) is 96.4 Å². The minimum Gasteiger partial charge on any atom is -0.439 e. The molecule has 1 aliphatic rings. The van der Waals surface area contributed by atoms with Crippen molar-refractivity contribution in [2.45, 2.75) is 23.8 Å². The van der Waals surface area contributed by atoms with Gasteiger partial charge in [0.05, 0.1) is 4.90 Å². The first kappa shape index (κ1) is 21.9. The molecule has 1 aromatic heterocycles.